The molecule has 2 atom stereocenters. The van der Waals surface area contributed by atoms with E-state index in [1.54, 1.807) is 0 Å². The number of hydrogen-bond donors (Lipinski definition) is 2. The van der Waals surface area contributed by atoms with Gasteiger partial charge in [-0.15, -0.1) is 10.2 Å². The van der Waals surface area contributed by atoms with E-state index in [1.807, 2.05) is 36.8 Å². The van der Waals surface area contributed by atoms with Gasteiger partial charge in [0.1, 0.15) is 0 Å². The first-order valence-electron chi connectivity index (χ1n) is 9.84. The van der Waals surface area contributed by atoms with Crippen LogP contribution >= 0.6 is 23.5 Å². The maximum Gasteiger partial charge on any atom is 0.235 e. The van der Waals surface area contributed by atoms with Gasteiger partial charge in [-0.3, -0.25) is 9.59 Å². The fourth-order valence-corrected chi connectivity index (χ4v) is 4.27. The molecule has 1 aliphatic rings. The van der Waals surface area contributed by atoms with Crippen molar-refractivity contribution in [1.82, 2.24) is 20.4 Å². The van der Waals surface area contributed by atoms with Crippen molar-refractivity contribution in [2.45, 2.75) is 37.5 Å². The average molecular weight is 447 g/mol. The highest BCUT2D eigenvalue weighted by Crippen LogP contribution is 2.40. The lowest BCUT2D eigenvalue weighted by Gasteiger charge is -2.28. The molecule has 0 spiro atoms. The third-order valence-corrected chi connectivity index (χ3v) is 6.07. The van der Waals surface area contributed by atoms with E-state index < -0.39 is 0 Å². The van der Waals surface area contributed by atoms with Crippen LogP contribution in [0.5, 0.6) is 0 Å². The van der Waals surface area contributed by atoms with Crippen LogP contribution in [0, 0.1) is 0 Å². The number of nitrogens with zero attached hydrogens (tertiary/aromatic N) is 4. The van der Waals surface area contributed by atoms with E-state index in [4.69, 9.17) is 0 Å². The summed E-state index contributed by atoms with van der Waals surface area (Å²) in [7, 11) is 0. The Kier molecular flexibility index (Phi) is 8.44. The van der Waals surface area contributed by atoms with Crippen molar-refractivity contribution in [2.24, 2.45) is 0 Å². The molecule has 1 aliphatic carbocycles. The molecule has 2 aromatic heterocycles. The van der Waals surface area contributed by atoms with Gasteiger partial charge in [-0.1, -0.05) is 6.42 Å². The summed E-state index contributed by atoms with van der Waals surface area (Å²) < 4.78 is 0. The Labute approximate surface area is 184 Å². The van der Waals surface area contributed by atoms with Crippen LogP contribution in [0.2, 0.25) is 0 Å². The van der Waals surface area contributed by atoms with Crippen molar-refractivity contribution >= 4 is 47.0 Å². The van der Waals surface area contributed by atoms with Crippen LogP contribution < -0.4 is 10.6 Å². The molecule has 1 saturated carbocycles. The molecule has 2 amide bonds. The Balaban J connectivity index is 1.59. The molecule has 30 heavy (non-hydrogen) atoms. The number of carbonyl (C=O) groups is 2. The lowest BCUT2D eigenvalue weighted by atomic mass is 9.78. The largest absolute Gasteiger partial charge is 0.308 e. The first-order chi connectivity index (χ1) is 14.6. The van der Waals surface area contributed by atoms with Crippen molar-refractivity contribution in [3.63, 3.8) is 0 Å². The number of aromatic nitrogens is 4. The molecule has 8 nitrogen and oxygen atoms in total. The normalized spacial score (nSPS) is 18.6. The van der Waals surface area contributed by atoms with Gasteiger partial charge in [0, 0.05) is 11.8 Å². The van der Waals surface area contributed by atoms with Crippen molar-refractivity contribution < 1.29 is 9.59 Å². The van der Waals surface area contributed by atoms with Crippen molar-refractivity contribution in [3.05, 3.63) is 35.7 Å². The number of hydrogen-bond acceptors (Lipinski definition) is 8. The summed E-state index contributed by atoms with van der Waals surface area (Å²) in [5.74, 6) is 2.21. The van der Waals surface area contributed by atoms with E-state index >= 15 is 0 Å². The fourth-order valence-electron chi connectivity index (χ4n) is 3.60. The van der Waals surface area contributed by atoms with E-state index in [1.165, 1.54) is 23.5 Å². The number of amides is 2. The molecule has 0 bridgehead atoms. The summed E-state index contributed by atoms with van der Waals surface area (Å²) in [5, 5.41) is 22.5. The highest BCUT2D eigenvalue weighted by molar-refractivity contribution is 7.99. The van der Waals surface area contributed by atoms with Crippen LogP contribution in [0.15, 0.2) is 24.3 Å². The zero-order chi connectivity index (χ0) is 21.3. The summed E-state index contributed by atoms with van der Waals surface area (Å²) in [6.45, 7) is 0. The van der Waals surface area contributed by atoms with Gasteiger partial charge in [-0.25, -0.2) is 0 Å². The van der Waals surface area contributed by atoms with Gasteiger partial charge in [0.15, 0.2) is 11.6 Å². The lowest BCUT2D eigenvalue weighted by molar-refractivity contribution is -0.114. The highest BCUT2D eigenvalue weighted by atomic mass is 32.2. The molecule has 2 heterocycles. The zero-order valence-corrected chi connectivity index (χ0v) is 18.8. The summed E-state index contributed by atoms with van der Waals surface area (Å²) in [6, 6.07) is 7.53. The second kappa shape index (κ2) is 11.3. The van der Waals surface area contributed by atoms with Gasteiger partial charge < -0.3 is 10.6 Å². The minimum atomic E-state index is -0.0751. The molecule has 0 radical (unpaired) electrons. The number of carbonyl (C=O) groups excluding carboxylic acids is 2. The molecule has 0 unspecified atom stereocenters. The molecule has 1 fully saturated rings. The Morgan fingerprint density at radius 3 is 1.67 bits per heavy atom. The lowest BCUT2D eigenvalue weighted by Crippen LogP contribution is -2.18. The molecule has 10 heteroatoms. The predicted octanol–water partition coefficient (Wildman–Crippen LogP) is 3.31. The Morgan fingerprint density at radius 2 is 1.30 bits per heavy atom. The molecule has 2 N–H and O–H groups in total. The van der Waals surface area contributed by atoms with E-state index in [0.29, 0.717) is 35.0 Å². The topological polar surface area (TPSA) is 110 Å². The quantitative estimate of drug-likeness (QED) is 0.635. The van der Waals surface area contributed by atoms with Gasteiger partial charge >= 0.3 is 0 Å². The number of thioether (sulfide) groups is 2. The van der Waals surface area contributed by atoms with Gasteiger partial charge in [0.2, 0.25) is 11.8 Å². The van der Waals surface area contributed by atoms with Gasteiger partial charge in [0.05, 0.1) is 22.9 Å². The van der Waals surface area contributed by atoms with Crippen molar-refractivity contribution in [1.29, 1.82) is 0 Å². The SMILES string of the molecule is CSCC(=O)Nc1ccc([C@@H]2CCC[C@@H](c3ccc(NC(=O)CSC)nn3)C2)nn1. The summed E-state index contributed by atoms with van der Waals surface area (Å²) in [5.41, 5.74) is 1.88. The standard InChI is InChI=1S/C20H26N6O2S2/c1-29-11-19(27)21-17-8-6-15(23-25-17)13-4-3-5-14(10-13)16-7-9-18(26-24-16)22-20(28)12-30-2/h6-9,13-14H,3-5,10-12H2,1-2H3,(H,21,25,27)(H,22,26,28)/t13-,14-/m1/s1. The number of anilines is 2. The maximum absolute atomic E-state index is 11.7. The Bertz CT molecular complexity index is 778. The van der Waals surface area contributed by atoms with E-state index in [9.17, 15) is 9.59 Å². The average Bonchev–Trinajstić information content (AvgIpc) is 2.75. The highest BCUT2D eigenvalue weighted by Gasteiger charge is 2.26. The van der Waals surface area contributed by atoms with Crippen molar-refractivity contribution in [2.75, 3.05) is 34.7 Å². The van der Waals surface area contributed by atoms with Crippen LogP contribution in [-0.2, 0) is 9.59 Å². The van der Waals surface area contributed by atoms with Crippen LogP contribution in [0.3, 0.4) is 0 Å². The summed E-state index contributed by atoms with van der Waals surface area (Å²) in [6.07, 6.45) is 7.89. The first-order valence-corrected chi connectivity index (χ1v) is 12.6. The third kappa shape index (κ3) is 6.40. The van der Waals surface area contributed by atoms with Crippen molar-refractivity contribution in [3.8, 4) is 0 Å². The second-order valence-electron chi connectivity index (χ2n) is 7.21. The Hall–Kier alpha value is -2.20. The van der Waals surface area contributed by atoms with E-state index in [-0.39, 0.29) is 11.8 Å². The minimum Gasteiger partial charge on any atom is -0.308 e. The van der Waals surface area contributed by atoms with Gasteiger partial charge in [-0.2, -0.15) is 33.7 Å². The summed E-state index contributed by atoms with van der Waals surface area (Å²) in [4.78, 5) is 23.4. The number of nitrogens with one attached hydrogen (secondary N) is 2. The molecule has 160 valence electrons. The van der Waals surface area contributed by atoms with Crippen LogP contribution in [-0.4, -0.2) is 56.2 Å². The van der Waals surface area contributed by atoms with Gasteiger partial charge in [0.25, 0.3) is 0 Å². The predicted molar refractivity (Wildman–Crippen MR) is 122 cm³/mol. The van der Waals surface area contributed by atoms with Crippen LogP contribution in [0.25, 0.3) is 0 Å². The molecule has 0 aromatic carbocycles. The fraction of sp³-hybridized carbons (Fsp3) is 0.500. The van der Waals surface area contributed by atoms with E-state index in [0.717, 1.165) is 37.1 Å². The van der Waals surface area contributed by atoms with E-state index in [2.05, 4.69) is 31.0 Å². The molecule has 0 aliphatic heterocycles. The smallest absolute Gasteiger partial charge is 0.235 e. The van der Waals surface area contributed by atoms with Crippen LogP contribution in [0.4, 0.5) is 11.6 Å². The second-order valence-corrected chi connectivity index (χ2v) is 8.94. The monoisotopic (exact) mass is 446 g/mol. The Morgan fingerprint density at radius 1 is 0.833 bits per heavy atom. The third-order valence-electron chi connectivity index (χ3n) is 4.97. The molecule has 0 saturated heterocycles. The van der Waals surface area contributed by atoms with Crippen LogP contribution in [0.1, 0.15) is 48.9 Å². The first kappa shape index (κ1) is 22.5. The molecule has 2 aromatic rings. The minimum absolute atomic E-state index is 0.0751. The zero-order valence-electron chi connectivity index (χ0n) is 17.1. The van der Waals surface area contributed by atoms with Gasteiger partial charge in [-0.05, 0) is 56.0 Å². The molecular weight excluding hydrogens is 420 g/mol. The maximum atomic E-state index is 11.7. The summed E-state index contributed by atoms with van der Waals surface area (Å²) >= 11 is 2.93. The molecule has 3 rings (SSSR count). The molecular formula is C20H26N6O2S2. The number of rotatable bonds is 8.